The van der Waals surface area contributed by atoms with Crippen LogP contribution < -0.4 is 15.0 Å². The Labute approximate surface area is 131 Å². The second-order valence-corrected chi connectivity index (χ2v) is 6.72. The van der Waals surface area contributed by atoms with Gasteiger partial charge in [-0.25, -0.2) is 0 Å². The third-order valence-corrected chi connectivity index (χ3v) is 3.75. The fourth-order valence-corrected chi connectivity index (χ4v) is 2.30. The van der Waals surface area contributed by atoms with Crippen molar-refractivity contribution in [3.05, 3.63) is 23.8 Å². The number of carbonyl (C=O) groups excluding carboxylic acids is 2. The van der Waals surface area contributed by atoms with Gasteiger partial charge in [-0.2, -0.15) is 0 Å². The summed E-state index contributed by atoms with van der Waals surface area (Å²) in [5.41, 5.74) is 1.46. The van der Waals surface area contributed by atoms with Crippen LogP contribution in [-0.2, 0) is 16.0 Å². The minimum atomic E-state index is -0.450. The van der Waals surface area contributed by atoms with Gasteiger partial charge >= 0.3 is 0 Å². The predicted molar refractivity (Wildman–Crippen MR) is 86.1 cm³/mol. The van der Waals surface area contributed by atoms with Crippen molar-refractivity contribution >= 4 is 17.5 Å². The molecule has 5 heteroatoms. The molecular weight excluding hydrogens is 280 g/mol. The van der Waals surface area contributed by atoms with Gasteiger partial charge in [0.15, 0.2) is 6.10 Å². The molecule has 120 valence electrons. The molecule has 1 unspecified atom stereocenters. The molecule has 1 aliphatic heterocycles. The van der Waals surface area contributed by atoms with Gasteiger partial charge in [0.25, 0.3) is 5.91 Å². The molecule has 0 aliphatic carbocycles. The standard InChI is InChI=1S/C17H24N2O3/c1-11-15(20)19(5)13-10-12(6-7-14(13)22-11)8-9-18-16(21)17(2,3)4/h6-7,10-11H,8-9H2,1-5H3,(H,18,21). The molecule has 1 aromatic rings. The van der Waals surface area contributed by atoms with E-state index in [9.17, 15) is 9.59 Å². The summed E-state index contributed by atoms with van der Waals surface area (Å²) in [7, 11) is 1.76. The van der Waals surface area contributed by atoms with Crippen LogP contribution >= 0.6 is 0 Å². The molecular formula is C17H24N2O3. The highest BCUT2D eigenvalue weighted by Crippen LogP contribution is 2.33. The molecule has 2 amide bonds. The highest BCUT2D eigenvalue weighted by atomic mass is 16.5. The van der Waals surface area contributed by atoms with E-state index in [1.54, 1.807) is 18.9 Å². The van der Waals surface area contributed by atoms with Crippen molar-refractivity contribution < 1.29 is 14.3 Å². The molecule has 1 heterocycles. The van der Waals surface area contributed by atoms with Crippen molar-refractivity contribution in [2.24, 2.45) is 5.41 Å². The minimum absolute atomic E-state index is 0.0370. The normalized spacial score (nSPS) is 17.8. The highest BCUT2D eigenvalue weighted by Gasteiger charge is 2.28. The molecule has 1 atom stereocenters. The summed E-state index contributed by atoms with van der Waals surface area (Å²) in [5, 5.41) is 2.93. The Morgan fingerprint density at radius 1 is 1.36 bits per heavy atom. The lowest BCUT2D eigenvalue weighted by Crippen LogP contribution is -2.42. The van der Waals surface area contributed by atoms with E-state index in [1.807, 2.05) is 39.0 Å². The zero-order chi connectivity index (χ0) is 16.5. The number of amides is 2. The van der Waals surface area contributed by atoms with Gasteiger partial charge < -0.3 is 15.0 Å². The van der Waals surface area contributed by atoms with Crippen molar-refractivity contribution in [3.8, 4) is 5.75 Å². The fourth-order valence-electron chi connectivity index (χ4n) is 2.30. The van der Waals surface area contributed by atoms with Crippen LogP contribution in [0.2, 0.25) is 0 Å². The van der Waals surface area contributed by atoms with Gasteiger partial charge in [0.05, 0.1) is 5.69 Å². The largest absolute Gasteiger partial charge is 0.479 e. The van der Waals surface area contributed by atoms with E-state index in [2.05, 4.69) is 5.32 Å². The maximum absolute atomic E-state index is 12.0. The summed E-state index contributed by atoms with van der Waals surface area (Å²) in [6, 6.07) is 5.80. The molecule has 1 N–H and O–H groups in total. The number of fused-ring (bicyclic) bond motifs is 1. The maximum atomic E-state index is 12.0. The van der Waals surface area contributed by atoms with Crippen LogP contribution in [-0.4, -0.2) is 31.5 Å². The molecule has 0 spiro atoms. The van der Waals surface area contributed by atoms with E-state index in [-0.39, 0.29) is 17.2 Å². The van der Waals surface area contributed by atoms with Gasteiger partial charge in [0.1, 0.15) is 5.75 Å². The highest BCUT2D eigenvalue weighted by molar-refractivity contribution is 5.99. The first-order chi connectivity index (χ1) is 10.2. The van der Waals surface area contributed by atoms with E-state index >= 15 is 0 Å². The number of hydrogen-bond donors (Lipinski definition) is 1. The summed E-state index contributed by atoms with van der Waals surface area (Å²) < 4.78 is 5.60. The summed E-state index contributed by atoms with van der Waals surface area (Å²) in [6.45, 7) is 7.99. The van der Waals surface area contributed by atoms with Gasteiger partial charge in [-0.15, -0.1) is 0 Å². The Kier molecular flexibility index (Phi) is 4.44. The molecule has 0 bridgehead atoms. The lowest BCUT2D eigenvalue weighted by molar-refractivity contribution is -0.128. The van der Waals surface area contributed by atoms with E-state index in [0.717, 1.165) is 17.0 Å². The Hall–Kier alpha value is -2.04. The second kappa shape index (κ2) is 5.99. The SMILES string of the molecule is CC1Oc2ccc(CCNC(=O)C(C)(C)C)cc2N(C)C1=O. The van der Waals surface area contributed by atoms with Crippen molar-refractivity contribution in [1.82, 2.24) is 5.32 Å². The van der Waals surface area contributed by atoms with Gasteiger partial charge in [-0.3, -0.25) is 9.59 Å². The monoisotopic (exact) mass is 304 g/mol. The van der Waals surface area contributed by atoms with Crippen LogP contribution in [0.15, 0.2) is 18.2 Å². The second-order valence-electron chi connectivity index (χ2n) is 6.72. The summed E-state index contributed by atoms with van der Waals surface area (Å²) >= 11 is 0. The molecule has 1 aliphatic rings. The Morgan fingerprint density at radius 3 is 2.68 bits per heavy atom. The van der Waals surface area contributed by atoms with Crippen LogP contribution in [0, 0.1) is 5.41 Å². The molecule has 0 aromatic heterocycles. The van der Waals surface area contributed by atoms with Crippen LogP contribution in [0.1, 0.15) is 33.3 Å². The average molecular weight is 304 g/mol. The van der Waals surface area contributed by atoms with E-state index in [1.165, 1.54) is 0 Å². The number of nitrogens with zero attached hydrogens (tertiary/aromatic N) is 1. The van der Waals surface area contributed by atoms with E-state index in [0.29, 0.717) is 13.0 Å². The third kappa shape index (κ3) is 3.40. The zero-order valence-corrected chi connectivity index (χ0v) is 13.9. The van der Waals surface area contributed by atoms with Crippen LogP contribution in [0.4, 0.5) is 5.69 Å². The zero-order valence-electron chi connectivity index (χ0n) is 13.9. The summed E-state index contributed by atoms with van der Waals surface area (Å²) in [6.07, 6.45) is 0.265. The van der Waals surface area contributed by atoms with Gasteiger partial charge in [0, 0.05) is 19.0 Å². The third-order valence-electron chi connectivity index (χ3n) is 3.75. The number of benzene rings is 1. The van der Waals surface area contributed by atoms with Gasteiger partial charge in [-0.05, 0) is 31.0 Å². The van der Waals surface area contributed by atoms with Gasteiger partial charge in [0.2, 0.25) is 5.91 Å². The van der Waals surface area contributed by atoms with Crippen molar-refractivity contribution in [2.75, 3.05) is 18.5 Å². The van der Waals surface area contributed by atoms with E-state index < -0.39 is 6.10 Å². The molecule has 1 aromatic carbocycles. The first kappa shape index (κ1) is 16.3. The molecule has 2 rings (SSSR count). The van der Waals surface area contributed by atoms with E-state index in [4.69, 9.17) is 4.74 Å². The maximum Gasteiger partial charge on any atom is 0.267 e. The van der Waals surface area contributed by atoms with Gasteiger partial charge in [-0.1, -0.05) is 26.8 Å². The first-order valence-electron chi connectivity index (χ1n) is 7.55. The van der Waals surface area contributed by atoms with Crippen LogP contribution in [0.3, 0.4) is 0 Å². The lowest BCUT2D eigenvalue weighted by atomic mass is 9.95. The molecule has 0 saturated carbocycles. The summed E-state index contributed by atoms with van der Waals surface area (Å²) in [5.74, 6) is 0.706. The average Bonchev–Trinajstić information content (AvgIpc) is 2.44. The summed E-state index contributed by atoms with van der Waals surface area (Å²) in [4.78, 5) is 25.4. The Balaban J connectivity index is 2.03. The molecule has 22 heavy (non-hydrogen) atoms. The first-order valence-corrected chi connectivity index (χ1v) is 7.55. The number of hydrogen-bond acceptors (Lipinski definition) is 3. The number of ether oxygens (including phenoxy) is 1. The number of likely N-dealkylation sites (N-methyl/N-ethyl adjacent to an activating group) is 1. The molecule has 0 saturated heterocycles. The number of carbonyl (C=O) groups is 2. The predicted octanol–water partition coefficient (Wildman–Crippen LogP) is 2.14. The smallest absolute Gasteiger partial charge is 0.267 e. The van der Waals surface area contributed by atoms with Crippen molar-refractivity contribution in [1.29, 1.82) is 0 Å². The lowest BCUT2D eigenvalue weighted by Gasteiger charge is -2.30. The minimum Gasteiger partial charge on any atom is -0.479 e. The Bertz CT molecular complexity index is 590. The molecule has 0 fully saturated rings. The van der Waals surface area contributed by atoms with Crippen LogP contribution in [0.5, 0.6) is 5.75 Å². The topological polar surface area (TPSA) is 58.6 Å². The van der Waals surface area contributed by atoms with Crippen LogP contribution in [0.25, 0.3) is 0 Å². The fraction of sp³-hybridized carbons (Fsp3) is 0.529. The molecule has 0 radical (unpaired) electrons. The Morgan fingerprint density at radius 2 is 2.05 bits per heavy atom. The molecule has 5 nitrogen and oxygen atoms in total. The number of nitrogens with one attached hydrogen (secondary N) is 1. The number of rotatable bonds is 3. The number of anilines is 1. The van der Waals surface area contributed by atoms with Crippen molar-refractivity contribution in [2.45, 2.75) is 40.2 Å². The van der Waals surface area contributed by atoms with Crippen molar-refractivity contribution in [3.63, 3.8) is 0 Å². The quantitative estimate of drug-likeness (QED) is 0.930.